The summed E-state index contributed by atoms with van der Waals surface area (Å²) in [6, 6.07) is 7.27. The third-order valence-corrected chi connectivity index (χ3v) is 19.5. The van der Waals surface area contributed by atoms with Crippen LogP contribution < -0.4 is 37.1 Å². The van der Waals surface area contributed by atoms with Crippen molar-refractivity contribution in [3.8, 4) is 17.2 Å². The van der Waals surface area contributed by atoms with Crippen molar-refractivity contribution in [2.75, 3.05) is 139 Å². The van der Waals surface area contributed by atoms with Crippen molar-refractivity contribution in [2.45, 2.75) is 133 Å². The van der Waals surface area contributed by atoms with Crippen LogP contribution in [0.5, 0.6) is 17.2 Å². The molecule has 3 fully saturated rings. The summed E-state index contributed by atoms with van der Waals surface area (Å²) in [5.41, 5.74) is 1.74. The SMILES string of the molecule is COc1cccc2c1C(=O)c1c(O)c3c(c(O)c1C2=O)C[C@@](O)(C(=O)COC(=O)N(C)CCN(C)C(=O)OCc1ccc(NC(=O)[C@H](CCCNC(N)=O)NC(=O)[C@@H](NC(=O)CCOCCOCCOCCOCCNC(=O)CCN2C(=O)C=CC2=O)C(C)C)cc1)C[C@@H]3O[C@@H]1C[C@@H]2[C@@H](OC3[C@H](OC)OCCN32)[C@@H](C)O1. The van der Waals surface area contributed by atoms with Gasteiger partial charge in [-0.2, -0.15) is 0 Å². The molecule has 10 amide bonds. The van der Waals surface area contributed by atoms with E-state index in [2.05, 4.69) is 31.5 Å². The number of urea groups is 1. The number of aromatic hydroxyl groups is 2. The molecule has 0 saturated carbocycles. The number of amides is 10. The molecule has 0 radical (unpaired) electrons. The van der Waals surface area contributed by atoms with Gasteiger partial charge in [0.15, 0.2) is 31.2 Å². The highest BCUT2D eigenvalue weighted by Crippen LogP contribution is 2.53. The normalized spacial score (nSPS) is 21.6. The van der Waals surface area contributed by atoms with Crippen LogP contribution in [-0.2, 0) is 98.7 Å². The molecule has 10 N–H and O–H groups in total. The predicted octanol–water partition coefficient (Wildman–Crippen LogP) is 0.956. The van der Waals surface area contributed by atoms with Gasteiger partial charge in [-0.25, -0.2) is 14.4 Å². The van der Waals surface area contributed by atoms with Gasteiger partial charge in [0.05, 0.1) is 95.5 Å². The van der Waals surface area contributed by atoms with Crippen LogP contribution in [0.4, 0.5) is 20.1 Å². The Kier molecular flexibility index (Phi) is 30.6. The number of methoxy groups -OCH3 is 2. The van der Waals surface area contributed by atoms with Gasteiger partial charge in [-0.15, -0.1) is 0 Å². The van der Waals surface area contributed by atoms with E-state index in [0.29, 0.717) is 24.4 Å². The Morgan fingerprint density at radius 3 is 2.04 bits per heavy atom. The number of primary amides is 1. The molecule has 3 aromatic rings. The Labute approximate surface area is 639 Å². The van der Waals surface area contributed by atoms with Crippen LogP contribution in [0.15, 0.2) is 54.6 Å². The number of ether oxygens (including phenoxy) is 12. The van der Waals surface area contributed by atoms with E-state index in [-0.39, 0.29) is 164 Å². The molecule has 4 aliphatic heterocycles. The van der Waals surface area contributed by atoms with Crippen molar-refractivity contribution in [3.63, 3.8) is 0 Å². The van der Waals surface area contributed by atoms with Crippen LogP contribution in [0.3, 0.4) is 0 Å². The number of hydrogen-bond acceptors (Lipinski definition) is 28. The number of morpholine rings is 1. The molecule has 4 heterocycles. The first-order chi connectivity index (χ1) is 53.1. The second-order valence-corrected chi connectivity index (χ2v) is 27.5. The zero-order chi connectivity index (χ0) is 80.2. The third kappa shape index (κ3) is 21.9. The summed E-state index contributed by atoms with van der Waals surface area (Å²) in [5, 5.41) is 50.1. The van der Waals surface area contributed by atoms with Crippen molar-refractivity contribution in [3.05, 3.63) is 93.6 Å². The average molecular weight is 1560 g/mol. The maximum Gasteiger partial charge on any atom is 0.409 e. The fraction of sp³-hybridized carbons (Fsp3) is 0.568. The number of fused-ring (bicyclic) bond motifs is 6. The highest BCUT2D eigenvalue weighted by molar-refractivity contribution is 6.31. The van der Waals surface area contributed by atoms with Crippen LogP contribution in [-0.4, -0.2) is 294 Å². The fourth-order valence-corrected chi connectivity index (χ4v) is 13.5. The third-order valence-electron chi connectivity index (χ3n) is 19.5. The fourth-order valence-electron chi connectivity index (χ4n) is 13.5. The van der Waals surface area contributed by atoms with Crippen LogP contribution in [0.25, 0.3) is 0 Å². The molecular weight excluding hydrogens is 1460 g/mol. The van der Waals surface area contributed by atoms with Crippen molar-refractivity contribution in [1.29, 1.82) is 0 Å². The molecule has 10 atom stereocenters. The number of likely N-dealkylation sites (N-methyl/N-ethyl adjacent to an activating group) is 2. The minimum atomic E-state index is -2.50. The molecule has 1 unspecified atom stereocenters. The molecule has 111 heavy (non-hydrogen) atoms. The van der Waals surface area contributed by atoms with Crippen molar-refractivity contribution < 1.29 is 130 Å². The number of benzene rings is 3. The van der Waals surface area contributed by atoms with Crippen LogP contribution >= 0.6 is 0 Å². The average Bonchev–Trinajstić information content (AvgIpc) is 1.42. The topological polar surface area (TPSA) is 475 Å². The zero-order valence-electron chi connectivity index (χ0n) is 62.9. The lowest BCUT2D eigenvalue weighted by Crippen LogP contribution is -2.55. The predicted molar refractivity (Wildman–Crippen MR) is 385 cm³/mol. The van der Waals surface area contributed by atoms with Crippen LogP contribution in [0.1, 0.15) is 114 Å². The quantitative estimate of drug-likeness (QED) is 0.0170. The first-order valence-electron chi connectivity index (χ1n) is 36.5. The Balaban J connectivity index is 0.697. The van der Waals surface area contributed by atoms with E-state index in [1.807, 2.05) is 0 Å². The number of phenolic OH excluding ortho intramolecular Hbond substituents is 2. The number of Topliss-reactive ketones (excluding diaryl/α,β-unsaturated/α-hetero) is 1. The standard InChI is InChI=1S/C74H98N10O27/c1-41(2)61(80-53(87)20-27-102-30-32-104-34-35-105-33-31-103-28-22-76-52(86)19-23-84-54(88)17-18-55(84)89)68(95)79-47(11-9-21-77-71(75)96)67(94)78-44-15-13-43(14-16-44)39-107-72(97)81(4)24-25-82(5)73(98)108-40-51(85)74(99)37-46-58(65(93)60-59(63(46)91)62(90)45-10-8-12-49(100-6)57(45)64(60)92)50(38-74)110-56-36-48-66(42(3)109-56)111-69-70(101-7)106-29-26-83(48)69/h8,10,12-18,41-42,47-48,50,56,61,66,69-70,91,93,99H,9,11,19-40H2,1-7H3,(H,76,86)(H,78,94)(H,79,95)(H,80,87)(H3,75,77,96)/t42-,47+,48-,50+,56-,61+,66+,69?,70-,74+/m1/s1. The minimum absolute atomic E-state index is 0.00508. The molecule has 0 spiro atoms. The molecule has 6 aliphatic rings. The smallest absolute Gasteiger partial charge is 0.409 e. The summed E-state index contributed by atoms with van der Waals surface area (Å²) < 4.78 is 68.9. The molecule has 37 heteroatoms. The Bertz CT molecular complexity index is 3900. The number of aliphatic hydroxyl groups is 1. The number of rotatable bonds is 40. The number of carbonyl (C=O) groups excluding carboxylic acids is 12. The van der Waals surface area contributed by atoms with E-state index >= 15 is 0 Å². The largest absolute Gasteiger partial charge is 0.507 e. The summed E-state index contributed by atoms with van der Waals surface area (Å²) in [5.74, 6) is -7.58. The Hall–Kier alpha value is -9.80. The molecule has 2 aliphatic carbocycles. The van der Waals surface area contributed by atoms with Gasteiger partial charge >= 0.3 is 18.2 Å². The maximum atomic E-state index is 14.4. The molecule has 0 bridgehead atoms. The lowest BCUT2D eigenvalue weighted by Gasteiger charge is -2.43. The van der Waals surface area contributed by atoms with Gasteiger partial charge < -0.3 is 114 Å². The second kappa shape index (κ2) is 39.9. The Morgan fingerprint density at radius 1 is 0.739 bits per heavy atom. The number of phenols is 2. The van der Waals surface area contributed by atoms with Crippen molar-refractivity contribution in [1.82, 2.24) is 40.9 Å². The lowest BCUT2D eigenvalue weighted by molar-refractivity contribution is -0.256. The van der Waals surface area contributed by atoms with Crippen molar-refractivity contribution in [2.24, 2.45) is 11.7 Å². The summed E-state index contributed by atoms with van der Waals surface area (Å²) in [6.45, 7) is 6.64. The summed E-state index contributed by atoms with van der Waals surface area (Å²) in [4.78, 5) is 162. The summed E-state index contributed by atoms with van der Waals surface area (Å²) >= 11 is 0. The van der Waals surface area contributed by atoms with E-state index in [0.717, 1.165) is 22.0 Å². The van der Waals surface area contributed by atoms with E-state index in [4.69, 9.17) is 62.6 Å². The number of ketones is 3. The number of nitrogens with two attached hydrogens (primary N) is 1. The molecule has 3 aromatic carbocycles. The molecule has 3 saturated heterocycles. The molecule has 37 nitrogen and oxygen atoms in total. The highest BCUT2D eigenvalue weighted by Gasteiger charge is 2.56. The number of anilines is 1. The van der Waals surface area contributed by atoms with E-state index < -0.39 is 168 Å². The molecule has 0 aromatic heterocycles. The summed E-state index contributed by atoms with van der Waals surface area (Å²) in [7, 11) is 5.56. The second-order valence-electron chi connectivity index (χ2n) is 27.5. The number of carbonyl (C=O) groups is 12. The van der Waals surface area contributed by atoms with E-state index in [1.54, 1.807) is 45.0 Å². The van der Waals surface area contributed by atoms with Gasteiger partial charge in [0.2, 0.25) is 35.2 Å². The number of hydrogen-bond donors (Lipinski definition) is 9. The summed E-state index contributed by atoms with van der Waals surface area (Å²) in [6.07, 6.45) is -5.40. The van der Waals surface area contributed by atoms with Crippen molar-refractivity contribution >= 4 is 76.7 Å². The first kappa shape index (κ1) is 85.2. The first-order valence-corrected chi connectivity index (χ1v) is 36.5. The van der Waals surface area contributed by atoms with Gasteiger partial charge in [0.25, 0.3) is 11.8 Å². The molecule has 9 rings (SSSR count). The van der Waals surface area contributed by atoms with Crippen LogP contribution in [0, 0.1) is 5.92 Å². The number of imide groups is 1. The van der Waals surface area contributed by atoms with Gasteiger partial charge in [-0.3, -0.25) is 53.0 Å². The van der Waals surface area contributed by atoms with Gasteiger partial charge in [0, 0.05) is 133 Å². The maximum absolute atomic E-state index is 14.4. The van der Waals surface area contributed by atoms with Crippen LogP contribution in [0.2, 0.25) is 0 Å². The highest BCUT2D eigenvalue weighted by atomic mass is 16.7. The van der Waals surface area contributed by atoms with E-state index in [1.165, 1.54) is 51.4 Å². The van der Waals surface area contributed by atoms with Gasteiger partial charge in [-0.1, -0.05) is 38.1 Å². The number of nitrogens with one attached hydrogen (secondary N) is 5. The number of nitrogens with zero attached hydrogens (tertiary/aromatic N) is 4. The molecule has 606 valence electrons. The lowest BCUT2D eigenvalue weighted by atomic mass is 9.72. The van der Waals surface area contributed by atoms with E-state index in [9.17, 15) is 72.9 Å². The molecular formula is C74H98N10O27. The zero-order valence-corrected chi connectivity index (χ0v) is 62.9. The van der Waals surface area contributed by atoms with Gasteiger partial charge in [-0.05, 0) is 49.4 Å². The van der Waals surface area contributed by atoms with Gasteiger partial charge in [0.1, 0.15) is 47.6 Å². The minimum Gasteiger partial charge on any atom is -0.507 e. The Morgan fingerprint density at radius 2 is 1.39 bits per heavy atom. The monoisotopic (exact) mass is 1560 g/mol.